The van der Waals surface area contributed by atoms with E-state index in [1.54, 1.807) is 6.08 Å². The standard InChI is InChI=1S/C19H24N4O3S3/c1-3-12-27-19-22-21-18(28-19)20-17(24)16-8-10-23(11-9-16)29(25,26)13-15-6-4-14(2)5-7-15/h3-7,16H,1,8-13H2,2H3,(H,20,21,24). The number of piperidine rings is 1. The number of benzene rings is 1. The van der Waals surface area contributed by atoms with Gasteiger partial charge in [0.2, 0.25) is 21.1 Å². The number of carbonyl (C=O) groups is 1. The molecular formula is C19H24N4O3S3. The fraction of sp³-hybridized carbons (Fsp3) is 0.421. The van der Waals surface area contributed by atoms with Gasteiger partial charge in [-0.1, -0.05) is 59.0 Å². The zero-order chi connectivity index (χ0) is 20.9. The highest BCUT2D eigenvalue weighted by Crippen LogP contribution is 2.27. The van der Waals surface area contributed by atoms with Crippen molar-refractivity contribution in [3.63, 3.8) is 0 Å². The lowest BCUT2D eigenvalue weighted by atomic mass is 9.97. The SMILES string of the molecule is C=CCSc1nnc(NC(=O)C2CCN(S(=O)(=O)Cc3ccc(C)cc3)CC2)s1. The molecule has 1 aromatic carbocycles. The Labute approximate surface area is 179 Å². The summed E-state index contributed by atoms with van der Waals surface area (Å²) in [5, 5.41) is 11.3. The normalized spacial score (nSPS) is 15.9. The highest BCUT2D eigenvalue weighted by Gasteiger charge is 2.31. The molecule has 0 spiro atoms. The van der Waals surface area contributed by atoms with E-state index in [0.717, 1.165) is 21.2 Å². The predicted molar refractivity (Wildman–Crippen MR) is 118 cm³/mol. The van der Waals surface area contributed by atoms with Crippen LogP contribution in [0.15, 0.2) is 41.3 Å². The van der Waals surface area contributed by atoms with Gasteiger partial charge in [0, 0.05) is 24.8 Å². The van der Waals surface area contributed by atoms with Crippen molar-refractivity contribution in [2.75, 3.05) is 24.2 Å². The average Bonchev–Trinajstić information content (AvgIpc) is 3.15. The minimum absolute atomic E-state index is 0.0138. The summed E-state index contributed by atoms with van der Waals surface area (Å²) in [5.74, 6) is 0.365. The average molecular weight is 453 g/mol. The molecule has 7 nitrogen and oxygen atoms in total. The lowest BCUT2D eigenvalue weighted by Gasteiger charge is -2.30. The van der Waals surface area contributed by atoms with Crippen molar-refractivity contribution < 1.29 is 13.2 Å². The number of rotatable bonds is 8. The number of hydrogen-bond donors (Lipinski definition) is 1. The second-order valence-electron chi connectivity index (χ2n) is 6.88. The molecule has 1 N–H and O–H groups in total. The van der Waals surface area contributed by atoms with Crippen LogP contribution >= 0.6 is 23.1 Å². The van der Waals surface area contributed by atoms with Gasteiger partial charge in [-0.25, -0.2) is 12.7 Å². The number of sulfonamides is 1. The Kier molecular flexibility index (Phi) is 7.44. The van der Waals surface area contributed by atoms with E-state index < -0.39 is 10.0 Å². The number of carbonyl (C=O) groups excluding carboxylic acids is 1. The van der Waals surface area contributed by atoms with Crippen LogP contribution in [0.1, 0.15) is 24.0 Å². The molecule has 0 saturated carbocycles. The van der Waals surface area contributed by atoms with Crippen molar-refractivity contribution in [3.8, 4) is 0 Å². The quantitative estimate of drug-likeness (QED) is 0.375. The van der Waals surface area contributed by atoms with Crippen molar-refractivity contribution in [1.82, 2.24) is 14.5 Å². The van der Waals surface area contributed by atoms with Gasteiger partial charge >= 0.3 is 0 Å². The van der Waals surface area contributed by atoms with Crippen molar-refractivity contribution in [2.45, 2.75) is 29.9 Å². The van der Waals surface area contributed by atoms with Gasteiger partial charge in [-0.05, 0) is 25.3 Å². The molecule has 1 fully saturated rings. The molecule has 10 heteroatoms. The molecule has 1 amide bonds. The highest BCUT2D eigenvalue weighted by atomic mass is 32.2. The molecule has 0 atom stereocenters. The van der Waals surface area contributed by atoms with Crippen LogP contribution in [-0.2, 0) is 20.6 Å². The Bertz CT molecular complexity index is 949. The van der Waals surface area contributed by atoms with Gasteiger partial charge in [-0.15, -0.1) is 16.8 Å². The number of aryl methyl sites for hydroxylation is 1. The molecule has 2 aromatic rings. The van der Waals surface area contributed by atoms with E-state index in [0.29, 0.717) is 31.1 Å². The Balaban J connectivity index is 1.51. The maximum absolute atomic E-state index is 12.7. The molecule has 29 heavy (non-hydrogen) atoms. The fourth-order valence-corrected chi connectivity index (χ4v) is 6.12. The Hall–Kier alpha value is -1.75. The molecule has 156 valence electrons. The first-order chi connectivity index (χ1) is 13.9. The molecule has 3 rings (SSSR count). The number of aromatic nitrogens is 2. The van der Waals surface area contributed by atoms with E-state index in [1.807, 2.05) is 31.2 Å². The highest BCUT2D eigenvalue weighted by molar-refractivity contribution is 8.01. The lowest BCUT2D eigenvalue weighted by Crippen LogP contribution is -2.41. The number of anilines is 1. The summed E-state index contributed by atoms with van der Waals surface area (Å²) in [6.07, 6.45) is 2.77. The van der Waals surface area contributed by atoms with E-state index in [9.17, 15) is 13.2 Å². The van der Waals surface area contributed by atoms with Gasteiger partial charge in [0.25, 0.3) is 0 Å². The fourth-order valence-electron chi connectivity index (χ4n) is 3.04. The molecular weight excluding hydrogens is 428 g/mol. The Morgan fingerprint density at radius 3 is 2.66 bits per heavy atom. The Morgan fingerprint density at radius 2 is 2.00 bits per heavy atom. The number of nitrogens with one attached hydrogen (secondary N) is 1. The topological polar surface area (TPSA) is 92.3 Å². The van der Waals surface area contributed by atoms with Crippen molar-refractivity contribution in [3.05, 3.63) is 48.0 Å². The van der Waals surface area contributed by atoms with Crippen LogP contribution in [0.2, 0.25) is 0 Å². The monoisotopic (exact) mass is 452 g/mol. The molecule has 0 unspecified atom stereocenters. The number of nitrogens with zero attached hydrogens (tertiary/aromatic N) is 3. The smallest absolute Gasteiger partial charge is 0.229 e. The van der Waals surface area contributed by atoms with Gasteiger partial charge in [0.1, 0.15) is 0 Å². The van der Waals surface area contributed by atoms with E-state index >= 15 is 0 Å². The third kappa shape index (κ3) is 6.11. The van der Waals surface area contributed by atoms with E-state index in [4.69, 9.17) is 0 Å². The minimum Gasteiger partial charge on any atom is -0.300 e. The van der Waals surface area contributed by atoms with Gasteiger partial charge in [-0.2, -0.15) is 0 Å². The zero-order valence-electron chi connectivity index (χ0n) is 16.2. The van der Waals surface area contributed by atoms with Crippen LogP contribution in [0.5, 0.6) is 0 Å². The lowest BCUT2D eigenvalue weighted by molar-refractivity contribution is -0.120. The maximum Gasteiger partial charge on any atom is 0.229 e. The van der Waals surface area contributed by atoms with E-state index in [1.165, 1.54) is 27.4 Å². The van der Waals surface area contributed by atoms with Crippen LogP contribution in [0, 0.1) is 12.8 Å². The second-order valence-corrected chi connectivity index (χ2v) is 11.1. The van der Waals surface area contributed by atoms with E-state index in [-0.39, 0.29) is 17.6 Å². The first kappa shape index (κ1) is 21.9. The molecule has 0 aliphatic carbocycles. The van der Waals surface area contributed by atoms with Crippen LogP contribution < -0.4 is 5.32 Å². The third-order valence-electron chi connectivity index (χ3n) is 4.65. The van der Waals surface area contributed by atoms with Crippen LogP contribution in [0.25, 0.3) is 0 Å². The van der Waals surface area contributed by atoms with Gasteiger partial charge < -0.3 is 5.32 Å². The first-order valence-corrected chi connectivity index (χ1v) is 12.7. The van der Waals surface area contributed by atoms with Crippen LogP contribution in [-0.4, -0.2) is 47.7 Å². The minimum atomic E-state index is -3.39. The molecule has 0 radical (unpaired) electrons. The molecule has 2 heterocycles. The summed E-state index contributed by atoms with van der Waals surface area (Å²) in [5.41, 5.74) is 1.87. The molecule has 1 saturated heterocycles. The molecule has 0 bridgehead atoms. The summed E-state index contributed by atoms with van der Waals surface area (Å²) in [7, 11) is -3.39. The number of hydrogen-bond acceptors (Lipinski definition) is 7. The molecule has 1 aliphatic rings. The predicted octanol–water partition coefficient (Wildman–Crippen LogP) is 3.31. The van der Waals surface area contributed by atoms with Crippen molar-refractivity contribution in [2.24, 2.45) is 5.92 Å². The summed E-state index contributed by atoms with van der Waals surface area (Å²) < 4.78 is 27.7. The maximum atomic E-state index is 12.7. The summed E-state index contributed by atoms with van der Waals surface area (Å²) >= 11 is 2.84. The van der Waals surface area contributed by atoms with Crippen LogP contribution in [0.4, 0.5) is 5.13 Å². The van der Waals surface area contributed by atoms with Gasteiger partial charge in [0.15, 0.2) is 4.34 Å². The zero-order valence-corrected chi connectivity index (χ0v) is 18.7. The van der Waals surface area contributed by atoms with Crippen molar-refractivity contribution in [1.29, 1.82) is 0 Å². The van der Waals surface area contributed by atoms with Gasteiger partial charge in [0.05, 0.1) is 5.75 Å². The summed E-state index contributed by atoms with van der Waals surface area (Å²) in [6, 6.07) is 7.51. The van der Waals surface area contributed by atoms with Crippen LogP contribution in [0.3, 0.4) is 0 Å². The third-order valence-corrected chi connectivity index (χ3v) is 8.47. The second kappa shape index (κ2) is 9.84. The molecule has 1 aliphatic heterocycles. The van der Waals surface area contributed by atoms with E-state index in [2.05, 4.69) is 22.1 Å². The van der Waals surface area contributed by atoms with Crippen molar-refractivity contribution >= 4 is 44.2 Å². The number of thioether (sulfide) groups is 1. The summed E-state index contributed by atoms with van der Waals surface area (Å²) in [4.78, 5) is 12.5. The first-order valence-electron chi connectivity index (χ1n) is 9.29. The molecule has 1 aromatic heterocycles. The largest absolute Gasteiger partial charge is 0.300 e. The number of amides is 1. The van der Waals surface area contributed by atoms with Gasteiger partial charge in [-0.3, -0.25) is 4.79 Å². The Morgan fingerprint density at radius 1 is 1.31 bits per heavy atom. The summed E-state index contributed by atoms with van der Waals surface area (Å²) in [6.45, 7) is 6.33.